The Morgan fingerprint density at radius 2 is 1.81 bits per heavy atom. The Labute approximate surface area is 129 Å². The molecule has 0 saturated heterocycles. The van der Waals surface area contributed by atoms with E-state index in [4.69, 9.17) is 0 Å². The minimum absolute atomic E-state index is 0.0974. The van der Waals surface area contributed by atoms with Crippen LogP contribution in [0.5, 0.6) is 0 Å². The summed E-state index contributed by atoms with van der Waals surface area (Å²) in [6.45, 7) is 10.4. The van der Waals surface area contributed by atoms with Crippen molar-refractivity contribution in [2.75, 3.05) is 13.1 Å². The zero-order valence-corrected chi connectivity index (χ0v) is 13.7. The fourth-order valence-electron chi connectivity index (χ4n) is 1.91. The van der Waals surface area contributed by atoms with Gasteiger partial charge in [0, 0.05) is 31.6 Å². The molecule has 1 aromatic heterocycles. The van der Waals surface area contributed by atoms with Gasteiger partial charge in [-0.05, 0) is 42.4 Å². The van der Waals surface area contributed by atoms with E-state index in [9.17, 15) is 4.79 Å². The van der Waals surface area contributed by atoms with Crippen molar-refractivity contribution in [2.24, 2.45) is 11.8 Å². The van der Waals surface area contributed by atoms with E-state index in [1.807, 2.05) is 23.1 Å². The zero-order chi connectivity index (χ0) is 15.7. The van der Waals surface area contributed by atoms with Crippen molar-refractivity contribution in [1.29, 1.82) is 0 Å². The summed E-state index contributed by atoms with van der Waals surface area (Å²) in [5, 5.41) is 0. The Morgan fingerprint density at radius 1 is 1.19 bits per heavy atom. The van der Waals surface area contributed by atoms with Crippen molar-refractivity contribution in [2.45, 2.75) is 40.5 Å². The number of nitrogens with zero attached hydrogens (tertiary/aromatic N) is 2. The van der Waals surface area contributed by atoms with E-state index in [1.165, 1.54) is 0 Å². The standard InChI is InChI=1S/C18H28N2O/c1-15(2)9-12-20(13-10-16(3)4)18(21)8-7-17-6-5-11-19-14-17/h5-8,11,14-16H,9-10,12-13H2,1-4H3. The van der Waals surface area contributed by atoms with Crippen molar-refractivity contribution < 1.29 is 4.79 Å². The van der Waals surface area contributed by atoms with Crippen LogP contribution in [0.3, 0.4) is 0 Å². The molecule has 0 unspecified atom stereocenters. The molecule has 0 atom stereocenters. The normalized spacial score (nSPS) is 11.5. The molecule has 1 heterocycles. The van der Waals surface area contributed by atoms with Crippen LogP contribution in [0.15, 0.2) is 30.6 Å². The Morgan fingerprint density at radius 3 is 2.29 bits per heavy atom. The molecule has 0 aliphatic carbocycles. The number of aromatic nitrogens is 1. The predicted molar refractivity (Wildman–Crippen MR) is 88.8 cm³/mol. The van der Waals surface area contributed by atoms with Crippen molar-refractivity contribution >= 4 is 12.0 Å². The monoisotopic (exact) mass is 288 g/mol. The van der Waals surface area contributed by atoms with E-state index in [0.29, 0.717) is 11.8 Å². The Balaban J connectivity index is 2.62. The predicted octanol–water partition coefficient (Wildman–Crippen LogP) is 4.02. The molecule has 0 saturated carbocycles. The van der Waals surface area contributed by atoms with E-state index in [2.05, 4.69) is 32.7 Å². The van der Waals surface area contributed by atoms with E-state index in [0.717, 1.165) is 31.5 Å². The highest BCUT2D eigenvalue weighted by atomic mass is 16.2. The molecule has 0 aliphatic rings. The molecule has 21 heavy (non-hydrogen) atoms. The van der Waals surface area contributed by atoms with Crippen LogP contribution >= 0.6 is 0 Å². The maximum atomic E-state index is 12.4. The van der Waals surface area contributed by atoms with Gasteiger partial charge in [0.15, 0.2) is 0 Å². The first-order valence-electron chi connectivity index (χ1n) is 7.86. The lowest BCUT2D eigenvalue weighted by Gasteiger charge is -2.23. The molecule has 0 aromatic carbocycles. The molecule has 0 radical (unpaired) electrons. The fraction of sp³-hybridized carbons (Fsp3) is 0.556. The first-order chi connectivity index (χ1) is 9.99. The highest BCUT2D eigenvalue weighted by Gasteiger charge is 2.11. The molecule has 0 bridgehead atoms. The third-order valence-electron chi connectivity index (χ3n) is 3.37. The number of rotatable bonds is 8. The molecule has 0 spiro atoms. The second-order valence-electron chi connectivity index (χ2n) is 6.31. The lowest BCUT2D eigenvalue weighted by molar-refractivity contribution is -0.126. The molecule has 1 amide bonds. The minimum atomic E-state index is 0.0974. The molecule has 0 fully saturated rings. The lowest BCUT2D eigenvalue weighted by atomic mass is 10.1. The van der Waals surface area contributed by atoms with Crippen LogP contribution in [0.25, 0.3) is 6.08 Å². The third kappa shape index (κ3) is 7.64. The van der Waals surface area contributed by atoms with Crippen LogP contribution in [-0.2, 0) is 4.79 Å². The van der Waals surface area contributed by atoms with Gasteiger partial charge in [-0.25, -0.2) is 0 Å². The molecule has 0 aliphatic heterocycles. The van der Waals surface area contributed by atoms with Gasteiger partial charge in [0.25, 0.3) is 0 Å². The molecule has 1 aromatic rings. The van der Waals surface area contributed by atoms with Crippen molar-refractivity contribution in [3.8, 4) is 0 Å². The number of carbonyl (C=O) groups is 1. The topological polar surface area (TPSA) is 33.2 Å². The zero-order valence-electron chi connectivity index (χ0n) is 13.7. The lowest BCUT2D eigenvalue weighted by Crippen LogP contribution is -2.32. The highest BCUT2D eigenvalue weighted by Crippen LogP contribution is 2.08. The van der Waals surface area contributed by atoms with Gasteiger partial charge in [0.2, 0.25) is 5.91 Å². The summed E-state index contributed by atoms with van der Waals surface area (Å²) in [5.74, 6) is 1.32. The van der Waals surface area contributed by atoms with Gasteiger partial charge in [-0.3, -0.25) is 9.78 Å². The molecule has 3 heteroatoms. The van der Waals surface area contributed by atoms with Crippen molar-refractivity contribution in [1.82, 2.24) is 9.88 Å². The van der Waals surface area contributed by atoms with Gasteiger partial charge in [0.05, 0.1) is 0 Å². The quantitative estimate of drug-likeness (QED) is 0.677. The average molecular weight is 288 g/mol. The maximum Gasteiger partial charge on any atom is 0.246 e. The molecular weight excluding hydrogens is 260 g/mol. The van der Waals surface area contributed by atoms with E-state index in [-0.39, 0.29) is 5.91 Å². The Hall–Kier alpha value is -1.64. The second kappa shape index (κ2) is 9.32. The van der Waals surface area contributed by atoms with Crippen LogP contribution in [0.1, 0.15) is 46.1 Å². The molecular formula is C18H28N2O. The number of carbonyl (C=O) groups excluding carboxylic acids is 1. The number of pyridine rings is 1. The van der Waals surface area contributed by atoms with E-state index >= 15 is 0 Å². The summed E-state index contributed by atoms with van der Waals surface area (Å²) in [7, 11) is 0. The number of amides is 1. The van der Waals surface area contributed by atoms with Gasteiger partial charge >= 0.3 is 0 Å². The maximum absolute atomic E-state index is 12.4. The first kappa shape index (κ1) is 17.4. The minimum Gasteiger partial charge on any atom is -0.339 e. The van der Waals surface area contributed by atoms with Gasteiger partial charge in [-0.2, -0.15) is 0 Å². The van der Waals surface area contributed by atoms with E-state index in [1.54, 1.807) is 18.5 Å². The van der Waals surface area contributed by atoms with Gasteiger partial charge in [0.1, 0.15) is 0 Å². The second-order valence-corrected chi connectivity index (χ2v) is 6.31. The Kier molecular flexibility index (Phi) is 7.73. The summed E-state index contributed by atoms with van der Waals surface area (Å²) in [6, 6.07) is 3.82. The molecule has 3 nitrogen and oxygen atoms in total. The summed E-state index contributed by atoms with van der Waals surface area (Å²) >= 11 is 0. The Bertz CT molecular complexity index is 426. The summed E-state index contributed by atoms with van der Waals surface area (Å²) in [4.78, 5) is 18.4. The van der Waals surface area contributed by atoms with Crippen LogP contribution in [0.4, 0.5) is 0 Å². The fourth-order valence-corrected chi connectivity index (χ4v) is 1.91. The number of hydrogen-bond donors (Lipinski definition) is 0. The van der Waals surface area contributed by atoms with Crippen LogP contribution in [0, 0.1) is 11.8 Å². The molecule has 116 valence electrons. The van der Waals surface area contributed by atoms with Crippen molar-refractivity contribution in [3.63, 3.8) is 0 Å². The summed E-state index contributed by atoms with van der Waals surface area (Å²) in [5.41, 5.74) is 0.957. The highest BCUT2D eigenvalue weighted by molar-refractivity contribution is 5.91. The third-order valence-corrected chi connectivity index (χ3v) is 3.37. The largest absolute Gasteiger partial charge is 0.339 e. The van der Waals surface area contributed by atoms with Crippen LogP contribution in [0.2, 0.25) is 0 Å². The average Bonchev–Trinajstić information content (AvgIpc) is 2.45. The van der Waals surface area contributed by atoms with E-state index < -0.39 is 0 Å². The number of hydrogen-bond acceptors (Lipinski definition) is 2. The summed E-state index contributed by atoms with van der Waals surface area (Å²) in [6.07, 6.45) is 9.09. The van der Waals surface area contributed by atoms with Crippen molar-refractivity contribution in [3.05, 3.63) is 36.2 Å². The van der Waals surface area contributed by atoms with Crippen LogP contribution in [-0.4, -0.2) is 28.9 Å². The van der Waals surface area contributed by atoms with Gasteiger partial charge < -0.3 is 4.90 Å². The SMILES string of the molecule is CC(C)CCN(CCC(C)C)C(=O)C=Cc1cccnc1. The molecule has 0 N–H and O–H groups in total. The molecule has 1 rings (SSSR count). The smallest absolute Gasteiger partial charge is 0.246 e. The van der Waals surface area contributed by atoms with Crippen LogP contribution < -0.4 is 0 Å². The van der Waals surface area contributed by atoms with Gasteiger partial charge in [-0.15, -0.1) is 0 Å². The first-order valence-corrected chi connectivity index (χ1v) is 7.86. The van der Waals surface area contributed by atoms with Gasteiger partial charge in [-0.1, -0.05) is 33.8 Å². The summed E-state index contributed by atoms with van der Waals surface area (Å²) < 4.78 is 0.